The number of anilines is 1. The molecule has 2 heterocycles. The lowest BCUT2D eigenvalue weighted by molar-refractivity contribution is -0.134. The van der Waals surface area contributed by atoms with Gasteiger partial charge in [0, 0.05) is 18.1 Å². The molecule has 1 spiro atoms. The maximum absolute atomic E-state index is 14.4. The summed E-state index contributed by atoms with van der Waals surface area (Å²) < 4.78 is 15.8. The Labute approximate surface area is 176 Å². The number of urea groups is 1. The largest absolute Gasteiger partial charge is 0.325 e. The number of hydrogen-bond acceptors (Lipinski definition) is 4. The van der Waals surface area contributed by atoms with Crippen molar-refractivity contribution in [3.63, 3.8) is 0 Å². The van der Waals surface area contributed by atoms with Crippen molar-refractivity contribution in [2.24, 2.45) is 0 Å². The number of imide groups is 1. The standard InChI is InChI=1S/C22H18FN5O3/c23-17-12-15(6-7-18(17)28-11-3-10-24-28)25-19(29)13-27-20(30)22(26-21(27)31)9-8-14-4-1-2-5-16(14)22/h1-7,10-12H,8-9,13H2,(H,25,29)(H,26,31). The Morgan fingerprint density at radius 2 is 2.03 bits per heavy atom. The van der Waals surface area contributed by atoms with Crippen LogP contribution in [0.3, 0.4) is 0 Å². The van der Waals surface area contributed by atoms with Crippen molar-refractivity contribution in [2.45, 2.75) is 18.4 Å². The molecule has 4 amide bonds. The lowest BCUT2D eigenvalue weighted by Crippen LogP contribution is -2.43. The van der Waals surface area contributed by atoms with Crippen molar-refractivity contribution >= 4 is 23.5 Å². The van der Waals surface area contributed by atoms with E-state index in [0.717, 1.165) is 22.1 Å². The van der Waals surface area contributed by atoms with Gasteiger partial charge in [0.25, 0.3) is 5.91 Å². The number of nitrogens with one attached hydrogen (secondary N) is 2. The van der Waals surface area contributed by atoms with Gasteiger partial charge in [0.15, 0.2) is 5.82 Å². The summed E-state index contributed by atoms with van der Waals surface area (Å²) in [5.41, 5.74) is 1.11. The molecule has 156 valence electrons. The van der Waals surface area contributed by atoms with E-state index in [9.17, 15) is 18.8 Å². The molecule has 1 atom stereocenters. The van der Waals surface area contributed by atoms with Crippen molar-refractivity contribution < 1.29 is 18.8 Å². The third-order valence-corrected chi connectivity index (χ3v) is 5.71. The van der Waals surface area contributed by atoms with Crippen LogP contribution >= 0.6 is 0 Å². The quantitative estimate of drug-likeness (QED) is 0.635. The van der Waals surface area contributed by atoms with Crippen molar-refractivity contribution in [3.05, 3.63) is 77.9 Å². The molecule has 8 nitrogen and oxygen atoms in total. The first-order valence-corrected chi connectivity index (χ1v) is 9.80. The number of aromatic nitrogens is 2. The number of nitrogens with zero attached hydrogens (tertiary/aromatic N) is 3. The number of hydrogen-bond donors (Lipinski definition) is 2. The van der Waals surface area contributed by atoms with Crippen LogP contribution in [0.15, 0.2) is 60.9 Å². The molecule has 0 saturated carbocycles. The van der Waals surface area contributed by atoms with Gasteiger partial charge in [-0.2, -0.15) is 5.10 Å². The molecule has 1 aliphatic carbocycles. The van der Waals surface area contributed by atoms with E-state index in [2.05, 4.69) is 15.7 Å². The zero-order valence-corrected chi connectivity index (χ0v) is 16.3. The zero-order chi connectivity index (χ0) is 21.6. The summed E-state index contributed by atoms with van der Waals surface area (Å²) in [7, 11) is 0. The van der Waals surface area contributed by atoms with Crippen LogP contribution in [0.2, 0.25) is 0 Å². The van der Waals surface area contributed by atoms with Gasteiger partial charge in [-0.1, -0.05) is 24.3 Å². The molecular weight excluding hydrogens is 401 g/mol. The van der Waals surface area contributed by atoms with Crippen molar-refractivity contribution in [3.8, 4) is 5.69 Å². The van der Waals surface area contributed by atoms with E-state index in [1.807, 2.05) is 24.3 Å². The Hall–Kier alpha value is -4.01. The van der Waals surface area contributed by atoms with Crippen LogP contribution in [0, 0.1) is 5.82 Å². The first-order valence-electron chi connectivity index (χ1n) is 9.80. The van der Waals surface area contributed by atoms with Crippen LogP contribution in [-0.4, -0.2) is 39.1 Å². The van der Waals surface area contributed by atoms with Crippen LogP contribution in [0.5, 0.6) is 0 Å². The predicted molar refractivity (Wildman–Crippen MR) is 109 cm³/mol. The van der Waals surface area contributed by atoms with Gasteiger partial charge in [-0.15, -0.1) is 0 Å². The minimum absolute atomic E-state index is 0.214. The number of benzene rings is 2. The van der Waals surface area contributed by atoms with Crippen molar-refractivity contribution in [2.75, 3.05) is 11.9 Å². The Morgan fingerprint density at radius 1 is 1.19 bits per heavy atom. The first-order chi connectivity index (χ1) is 15.0. The van der Waals surface area contributed by atoms with E-state index in [4.69, 9.17) is 0 Å². The number of carbonyl (C=O) groups excluding carboxylic acids is 3. The number of amides is 4. The summed E-state index contributed by atoms with van der Waals surface area (Å²) in [6.07, 6.45) is 4.26. The van der Waals surface area contributed by atoms with Gasteiger partial charge in [0.2, 0.25) is 5.91 Å². The van der Waals surface area contributed by atoms with Crippen LogP contribution in [0.25, 0.3) is 5.69 Å². The minimum Gasteiger partial charge on any atom is -0.324 e. The van der Waals surface area contributed by atoms with Crippen LogP contribution < -0.4 is 10.6 Å². The predicted octanol–water partition coefficient (Wildman–Crippen LogP) is 2.34. The molecule has 5 rings (SSSR count). The topological polar surface area (TPSA) is 96.3 Å². The number of carbonyl (C=O) groups is 3. The molecule has 0 bridgehead atoms. The van der Waals surface area contributed by atoms with E-state index < -0.39 is 35.7 Å². The smallest absolute Gasteiger partial charge is 0.324 e. The summed E-state index contributed by atoms with van der Waals surface area (Å²) >= 11 is 0. The summed E-state index contributed by atoms with van der Waals surface area (Å²) in [4.78, 5) is 39.0. The number of fused-ring (bicyclic) bond motifs is 2. The number of rotatable bonds is 4. The molecule has 1 aliphatic heterocycles. The molecule has 0 radical (unpaired) electrons. The molecule has 2 N–H and O–H groups in total. The molecule has 1 fully saturated rings. The molecule has 3 aromatic rings. The average Bonchev–Trinajstić information content (AvgIpc) is 3.45. The Balaban J connectivity index is 1.31. The summed E-state index contributed by atoms with van der Waals surface area (Å²) in [6, 6.07) is 12.7. The molecule has 1 unspecified atom stereocenters. The van der Waals surface area contributed by atoms with Crippen LogP contribution in [-0.2, 0) is 21.5 Å². The van der Waals surface area contributed by atoms with Gasteiger partial charge < -0.3 is 10.6 Å². The fraction of sp³-hybridized carbons (Fsp3) is 0.182. The second-order valence-corrected chi connectivity index (χ2v) is 7.55. The monoisotopic (exact) mass is 419 g/mol. The highest BCUT2D eigenvalue weighted by Crippen LogP contribution is 2.41. The van der Waals surface area contributed by atoms with E-state index in [1.54, 1.807) is 12.3 Å². The maximum Gasteiger partial charge on any atom is 0.325 e. The molecule has 1 saturated heterocycles. The van der Waals surface area contributed by atoms with Gasteiger partial charge in [0.1, 0.15) is 17.8 Å². The van der Waals surface area contributed by atoms with E-state index in [-0.39, 0.29) is 11.4 Å². The average molecular weight is 419 g/mol. The fourth-order valence-corrected chi connectivity index (χ4v) is 4.26. The van der Waals surface area contributed by atoms with E-state index in [1.165, 1.54) is 23.0 Å². The lowest BCUT2D eigenvalue weighted by atomic mass is 9.92. The van der Waals surface area contributed by atoms with Gasteiger partial charge in [-0.05, 0) is 48.2 Å². The van der Waals surface area contributed by atoms with Crippen LogP contribution in [0.4, 0.5) is 14.9 Å². The highest BCUT2D eigenvalue weighted by atomic mass is 19.1. The van der Waals surface area contributed by atoms with Gasteiger partial charge in [-0.3, -0.25) is 14.5 Å². The minimum atomic E-state index is -1.12. The third kappa shape index (κ3) is 3.05. The SMILES string of the molecule is O=C(CN1C(=O)NC2(CCc3ccccc32)C1=O)Nc1ccc(-n2cccn2)c(F)c1. The second kappa shape index (κ2) is 7.05. The summed E-state index contributed by atoms with van der Waals surface area (Å²) in [6.45, 7) is -0.461. The van der Waals surface area contributed by atoms with E-state index >= 15 is 0 Å². The molecule has 2 aromatic carbocycles. The first kappa shape index (κ1) is 19.0. The highest BCUT2D eigenvalue weighted by Gasteiger charge is 2.55. The second-order valence-electron chi connectivity index (χ2n) is 7.55. The van der Waals surface area contributed by atoms with Gasteiger partial charge in [0.05, 0.1) is 0 Å². The highest BCUT2D eigenvalue weighted by molar-refractivity contribution is 6.10. The Kier molecular flexibility index (Phi) is 4.32. The lowest BCUT2D eigenvalue weighted by Gasteiger charge is -2.22. The third-order valence-electron chi connectivity index (χ3n) is 5.71. The molecule has 2 aliphatic rings. The summed E-state index contributed by atoms with van der Waals surface area (Å²) in [5, 5.41) is 9.29. The molecule has 9 heteroatoms. The van der Waals surface area contributed by atoms with E-state index in [0.29, 0.717) is 12.8 Å². The molecule has 31 heavy (non-hydrogen) atoms. The van der Waals surface area contributed by atoms with Gasteiger partial charge in [-0.25, -0.2) is 13.9 Å². The maximum atomic E-state index is 14.4. The number of halogens is 1. The molecule has 1 aromatic heterocycles. The van der Waals surface area contributed by atoms with Gasteiger partial charge >= 0.3 is 6.03 Å². The Morgan fingerprint density at radius 3 is 2.81 bits per heavy atom. The normalized spacial score (nSPS) is 19.6. The summed E-state index contributed by atoms with van der Waals surface area (Å²) in [5.74, 6) is -1.62. The zero-order valence-electron chi connectivity index (χ0n) is 16.3. The van der Waals surface area contributed by atoms with Crippen molar-refractivity contribution in [1.82, 2.24) is 20.0 Å². The van der Waals surface area contributed by atoms with Crippen molar-refractivity contribution in [1.29, 1.82) is 0 Å². The number of aryl methyl sites for hydroxylation is 1. The Bertz CT molecular complexity index is 1210. The molecular formula is C22H18FN5O3. The fourth-order valence-electron chi connectivity index (χ4n) is 4.26. The van der Waals surface area contributed by atoms with Crippen LogP contribution in [0.1, 0.15) is 17.5 Å².